The summed E-state index contributed by atoms with van der Waals surface area (Å²) in [6.07, 6.45) is 7.01. The van der Waals surface area contributed by atoms with E-state index >= 15 is 0 Å². The van der Waals surface area contributed by atoms with Crippen molar-refractivity contribution in [2.75, 3.05) is 26.2 Å². The van der Waals surface area contributed by atoms with Crippen LogP contribution >= 0.6 is 0 Å². The SMILES string of the molecule is FC1CC[C@@H]2[C@H]3C[C@@H](CN2C1)[C@H]1CCCCN1C3. The third kappa shape index (κ3) is 1.82. The molecule has 0 N–H and O–H groups in total. The molecule has 0 amide bonds. The summed E-state index contributed by atoms with van der Waals surface area (Å²) in [5.74, 6) is 1.68. The fourth-order valence-electron chi connectivity index (χ4n) is 5.23. The molecule has 0 aromatic rings. The third-order valence-corrected chi connectivity index (χ3v) is 5.97. The van der Waals surface area contributed by atoms with Crippen molar-refractivity contribution in [3.63, 3.8) is 0 Å². The van der Waals surface area contributed by atoms with E-state index in [9.17, 15) is 4.39 Å². The second kappa shape index (κ2) is 4.45. The minimum atomic E-state index is -0.553. The normalized spacial score (nSPS) is 49.5. The molecule has 4 rings (SSSR count). The molecule has 3 heteroatoms. The Hall–Kier alpha value is -0.150. The fourth-order valence-corrected chi connectivity index (χ4v) is 5.23. The first-order valence-corrected chi connectivity index (χ1v) is 7.93. The van der Waals surface area contributed by atoms with Gasteiger partial charge >= 0.3 is 0 Å². The van der Waals surface area contributed by atoms with E-state index in [4.69, 9.17) is 0 Å². The van der Waals surface area contributed by atoms with Crippen molar-refractivity contribution in [1.82, 2.24) is 9.80 Å². The quantitative estimate of drug-likeness (QED) is 0.653. The molecule has 18 heavy (non-hydrogen) atoms. The van der Waals surface area contributed by atoms with Crippen LogP contribution in [0, 0.1) is 11.8 Å². The number of rotatable bonds is 0. The number of hydrogen-bond donors (Lipinski definition) is 0. The van der Waals surface area contributed by atoms with Gasteiger partial charge in [0.2, 0.25) is 0 Å². The molecular weight excluding hydrogens is 227 g/mol. The van der Waals surface area contributed by atoms with Crippen LogP contribution in [0.3, 0.4) is 0 Å². The molecular formula is C15H25FN2. The van der Waals surface area contributed by atoms with E-state index in [1.54, 1.807) is 0 Å². The monoisotopic (exact) mass is 252 g/mol. The zero-order valence-electron chi connectivity index (χ0n) is 11.2. The van der Waals surface area contributed by atoms with Gasteiger partial charge in [-0.15, -0.1) is 0 Å². The molecule has 0 aromatic carbocycles. The number of alkyl halides is 1. The molecule has 0 radical (unpaired) electrons. The highest BCUT2D eigenvalue weighted by Gasteiger charge is 2.47. The number of piperidine rings is 4. The predicted octanol–water partition coefficient (Wildman–Crippen LogP) is 2.29. The topological polar surface area (TPSA) is 6.48 Å². The van der Waals surface area contributed by atoms with Crippen molar-refractivity contribution in [1.29, 1.82) is 0 Å². The molecule has 4 saturated heterocycles. The third-order valence-electron chi connectivity index (χ3n) is 5.97. The lowest BCUT2D eigenvalue weighted by Crippen LogP contribution is -2.64. The lowest BCUT2D eigenvalue weighted by atomic mass is 9.71. The van der Waals surface area contributed by atoms with Gasteiger partial charge in [0.1, 0.15) is 6.17 Å². The highest BCUT2D eigenvalue weighted by Crippen LogP contribution is 2.42. The Balaban J connectivity index is 1.54. The summed E-state index contributed by atoms with van der Waals surface area (Å²) < 4.78 is 13.6. The van der Waals surface area contributed by atoms with Crippen molar-refractivity contribution in [2.24, 2.45) is 11.8 Å². The smallest absolute Gasteiger partial charge is 0.113 e. The van der Waals surface area contributed by atoms with Gasteiger partial charge in [0.15, 0.2) is 0 Å². The summed E-state index contributed by atoms with van der Waals surface area (Å²) in [6, 6.07) is 1.53. The van der Waals surface area contributed by atoms with E-state index in [0.717, 1.165) is 37.3 Å². The van der Waals surface area contributed by atoms with Gasteiger partial charge in [-0.25, -0.2) is 4.39 Å². The second-order valence-electron chi connectivity index (χ2n) is 7.01. The van der Waals surface area contributed by atoms with Crippen molar-refractivity contribution >= 4 is 0 Å². The second-order valence-corrected chi connectivity index (χ2v) is 7.01. The first-order valence-electron chi connectivity index (χ1n) is 7.93. The van der Waals surface area contributed by atoms with Gasteiger partial charge in [-0.3, -0.25) is 9.80 Å². The fraction of sp³-hybridized carbons (Fsp3) is 1.00. The highest BCUT2D eigenvalue weighted by atomic mass is 19.1. The van der Waals surface area contributed by atoms with Crippen LogP contribution in [0.1, 0.15) is 38.5 Å². The Kier molecular flexibility index (Phi) is 2.88. The molecule has 2 nitrogen and oxygen atoms in total. The van der Waals surface area contributed by atoms with Crippen molar-refractivity contribution in [2.45, 2.75) is 56.8 Å². The maximum Gasteiger partial charge on any atom is 0.113 e. The van der Waals surface area contributed by atoms with Gasteiger partial charge in [-0.2, -0.15) is 0 Å². The average molecular weight is 252 g/mol. The maximum atomic E-state index is 13.6. The Bertz CT molecular complexity index is 322. The van der Waals surface area contributed by atoms with Gasteiger partial charge < -0.3 is 0 Å². The molecule has 0 saturated carbocycles. The molecule has 5 atom stereocenters. The zero-order valence-corrected chi connectivity index (χ0v) is 11.2. The molecule has 4 aliphatic rings. The van der Waals surface area contributed by atoms with E-state index in [1.807, 2.05) is 0 Å². The van der Waals surface area contributed by atoms with Crippen LogP contribution < -0.4 is 0 Å². The number of fused-ring (bicyclic) bond motifs is 6. The van der Waals surface area contributed by atoms with Gasteiger partial charge in [0.05, 0.1) is 0 Å². The summed E-state index contributed by atoms with van der Waals surface area (Å²) in [6.45, 7) is 4.54. The Labute approximate surface area is 110 Å². The molecule has 0 aliphatic carbocycles. The van der Waals surface area contributed by atoms with Crippen LogP contribution in [-0.2, 0) is 0 Å². The van der Waals surface area contributed by atoms with Gasteiger partial charge in [0.25, 0.3) is 0 Å². The highest BCUT2D eigenvalue weighted by molar-refractivity contribution is 5.01. The van der Waals surface area contributed by atoms with Gasteiger partial charge in [0, 0.05) is 31.7 Å². The van der Waals surface area contributed by atoms with E-state index in [2.05, 4.69) is 9.80 Å². The van der Waals surface area contributed by atoms with E-state index in [1.165, 1.54) is 45.3 Å². The lowest BCUT2D eigenvalue weighted by molar-refractivity contribution is -0.0824. The first kappa shape index (κ1) is 11.7. The van der Waals surface area contributed by atoms with Crippen LogP contribution in [0.15, 0.2) is 0 Å². The zero-order chi connectivity index (χ0) is 12.1. The minimum absolute atomic E-state index is 0.553. The molecule has 2 bridgehead atoms. The Morgan fingerprint density at radius 3 is 2.44 bits per heavy atom. The Morgan fingerprint density at radius 2 is 1.56 bits per heavy atom. The summed E-state index contributed by atoms with van der Waals surface area (Å²) in [7, 11) is 0. The van der Waals surface area contributed by atoms with Crippen LogP contribution in [0.4, 0.5) is 4.39 Å². The predicted molar refractivity (Wildman–Crippen MR) is 70.3 cm³/mol. The Morgan fingerprint density at radius 1 is 0.778 bits per heavy atom. The summed E-state index contributed by atoms with van der Waals surface area (Å²) in [5, 5.41) is 0. The van der Waals surface area contributed by atoms with Crippen molar-refractivity contribution in [3.05, 3.63) is 0 Å². The molecule has 0 spiro atoms. The summed E-state index contributed by atoms with van der Waals surface area (Å²) in [4.78, 5) is 5.29. The lowest BCUT2D eigenvalue weighted by Gasteiger charge is -2.57. The molecule has 102 valence electrons. The average Bonchev–Trinajstić information content (AvgIpc) is 2.38. The van der Waals surface area contributed by atoms with E-state index in [-0.39, 0.29) is 0 Å². The van der Waals surface area contributed by atoms with Gasteiger partial charge in [-0.05, 0) is 50.5 Å². The summed E-state index contributed by atoms with van der Waals surface area (Å²) >= 11 is 0. The van der Waals surface area contributed by atoms with Crippen LogP contribution in [0.2, 0.25) is 0 Å². The molecule has 1 unspecified atom stereocenters. The summed E-state index contributed by atoms with van der Waals surface area (Å²) in [5.41, 5.74) is 0. The molecule has 4 heterocycles. The van der Waals surface area contributed by atoms with Crippen LogP contribution in [-0.4, -0.2) is 54.2 Å². The van der Waals surface area contributed by atoms with E-state index in [0.29, 0.717) is 6.04 Å². The molecule has 4 fully saturated rings. The number of nitrogens with zero attached hydrogens (tertiary/aromatic N) is 2. The van der Waals surface area contributed by atoms with Crippen molar-refractivity contribution in [3.8, 4) is 0 Å². The molecule has 0 aromatic heterocycles. The molecule has 4 aliphatic heterocycles. The van der Waals surface area contributed by atoms with Crippen molar-refractivity contribution < 1.29 is 4.39 Å². The number of hydrogen-bond acceptors (Lipinski definition) is 2. The number of halogens is 1. The minimum Gasteiger partial charge on any atom is -0.300 e. The van der Waals surface area contributed by atoms with Gasteiger partial charge in [-0.1, -0.05) is 6.42 Å². The van der Waals surface area contributed by atoms with Crippen LogP contribution in [0.25, 0.3) is 0 Å². The standard InChI is InChI=1S/C15H25FN2/c16-13-4-5-15-11-7-12(9-18(15)10-13)14-3-1-2-6-17(14)8-11/h11-15H,1-10H2/t11-,12-,13?,14+,15+/m0/s1. The van der Waals surface area contributed by atoms with Crippen LogP contribution in [0.5, 0.6) is 0 Å². The first-order chi connectivity index (χ1) is 8.81. The maximum absolute atomic E-state index is 13.6. The van der Waals surface area contributed by atoms with E-state index < -0.39 is 6.17 Å². The largest absolute Gasteiger partial charge is 0.300 e.